The van der Waals surface area contributed by atoms with Gasteiger partial charge < -0.3 is 5.84 Å². The lowest BCUT2D eigenvalue weighted by atomic mass is 10.0. The molecule has 0 fully saturated rings. The summed E-state index contributed by atoms with van der Waals surface area (Å²) in [5.74, 6) is 5.28. The summed E-state index contributed by atoms with van der Waals surface area (Å²) in [6.07, 6.45) is 0. The molecule has 2 nitrogen and oxygen atoms in total. The van der Waals surface area contributed by atoms with Crippen LogP contribution in [0.5, 0.6) is 0 Å². The monoisotopic (exact) mass is 184 g/mol. The van der Waals surface area contributed by atoms with Crippen LogP contribution < -0.4 is 5.84 Å². The van der Waals surface area contributed by atoms with Crippen LogP contribution in [-0.2, 0) is 0 Å². The van der Waals surface area contributed by atoms with Crippen LogP contribution in [0.3, 0.4) is 0 Å². The minimum atomic E-state index is 0.863. The Bertz CT molecular complexity index is 481. The molecule has 0 aromatic heterocycles. The highest BCUT2D eigenvalue weighted by Gasteiger charge is 2.01. The first-order valence-electron chi connectivity index (χ1n) is 4.55. The van der Waals surface area contributed by atoms with Crippen LogP contribution in [0.2, 0.25) is 0 Å². The molecule has 0 heterocycles. The van der Waals surface area contributed by atoms with Crippen molar-refractivity contribution in [1.29, 1.82) is 0 Å². The van der Waals surface area contributed by atoms with E-state index in [0.717, 1.165) is 11.3 Å². The van der Waals surface area contributed by atoms with Gasteiger partial charge in [0.2, 0.25) is 0 Å². The highest BCUT2D eigenvalue weighted by molar-refractivity contribution is 6.09. The number of nitrogens with zero attached hydrogens (tertiary/aromatic N) is 1. The van der Waals surface area contributed by atoms with Crippen molar-refractivity contribution in [3.05, 3.63) is 48.0 Å². The zero-order chi connectivity index (χ0) is 9.97. The second-order valence-electron chi connectivity index (χ2n) is 3.24. The molecular formula is C12H12N2. The normalized spacial score (nSPS) is 11.9. The van der Waals surface area contributed by atoms with E-state index in [4.69, 9.17) is 5.84 Å². The Morgan fingerprint density at radius 2 is 1.79 bits per heavy atom. The Kier molecular flexibility index (Phi) is 2.19. The van der Waals surface area contributed by atoms with Gasteiger partial charge in [0.1, 0.15) is 0 Å². The van der Waals surface area contributed by atoms with Crippen LogP contribution in [0.1, 0.15) is 12.5 Å². The lowest BCUT2D eigenvalue weighted by molar-refractivity contribution is 1.24. The Balaban J connectivity index is 2.77. The van der Waals surface area contributed by atoms with Gasteiger partial charge >= 0.3 is 0 Å². The van der Waals surface area contributed by atoms with Crippen LogP contribution >= 0.6 is 0 Å². The predicted octanol–water partition coefficient (Wildman–Crippen LogP) is 2.52. The van der Waals surface area contributed by atoms with Gasteiger partial charge in [-0.1, -0.05) is 42.5 Å². The predicted molar refractivity (Wildman–Crippen MR) is 60.3 cm³/mol. The maximum absolute atomic E-state index is 5.28. The lowest BCUT2D eigenvalue weighted by Crippen LogP contribution is -1.99. The van der Waals surface area contributed by atoms with Crippen molar-refractivity contribution in [3.8, 4) is 0 Å². The molecule has 2 aromatic rings. The molecule has 0 saturated carbocycles. The summed E-state index contributed by atoms with van der Waals surface area (Å²) in [5.41, 5.74) is 1.97. The fourth-order valence-corrected chi connectivity index (χ4v) is 1.61. The second-order valence-corrected chi connectivity index (χ2v) is 3.24. The zero-order valence-electron chi connectivity index (χ0n) is 8.07. The first-order chi connectivity index (χ1) is 6.83. The average molecular weight is 184 g/mol. The SMILES string of the molecule is CC(=NN)c1cccc2ccccc12. The van der Waals surface area contributed by atoms with Gasteiger partial charge in [-0.15, -0.1) is 0 Å². The molecule has 0 aliphatic carbocycles. The van der Waals surface area contributed by atoms with E-state index < -0.39 is 0 Å². The standard InChI is InChI=1S/C12H12N2/c1-9(14-13)11-8-4-6-10-5-2-3-7-12(10)11/h2-8H,13H2,1H3. The fourth-order valence-electron chi connectivity index (χ4n) is 1.61. The molecule has 0 bridgehead atoms. The van der Waals surface area contributed by atoms with E-state index in [1.54, 1.807) is 0 Å². The zero-order valence-corrected chi connectivity index (χ0v) is 8.07. The van der Waals surface area contributed by atoms with Crippen molar-refractivity contribution >= 4 is 16.5 Å². The van der Waals surface area contributed by atoms with E-state index in [9.17, 15) is 0 Å². The summed E-state index contributed by atoms with van der Waals surface area (Å²) < 4.78 is 0. The van der Waals surface area contributed by atoms with Crippen molar-refractivity contribution < 1.29 is 0 Å². The maximum atomic E-state index is 5.28. The molecule has 0 radical (unpaired) electrons. The molecule has 2 rings (SSSR count). The van der Waals surface area contributed by atoms with Crippen LogP contribution in [0.15, 0.2) is 47.6 Å². The summed E-state index contributed by atoms with van der Waals surface area (Å²) >= 11 is 0. The van der Waals surface area contributed by atoms with Gasteiger partial charge in [-0.25, -0.2) is 0 Å². The lowest BCUT2D eigenvalue weighted by Gasteiger charge is -2.04. The van der Waals surface area contributed by atoms with Gasteiger partial charge in [-0.05, 0) is 17.7 Å². The summed E-state index contributed by atoms with van der Waals surface area (Å²) in [6.45, 7) is 1.92. The molecule has 2 heteroatoms. The largest absolute Gasteiger partial charge is 0.323 e. The summed E-state index contributed by atoms with van der Waals surface area (Å²) in [4.78, 5) is 0. The van der Waals surface area contributed by atoms with Crippen molar-refractivity contribution in [2.75, 3.05) is 0 Å². The van der Waals surface area contributed by atoms with Crippen molar-refractivity contribution in [3.63, 3.8) is 0 Å². The number of nitrogens with two attached hydrogens (primary N) is 1. The maximum Gasteiger partial charge on any atom is 0.0648 e. The number of hydrazone groups is 1. The topological polar surface area (TPSA) is 38.4 Å². The molecular weight excluding hydrogens is 172 g/mol. The van der Waals surface area contributed by atoms with Crippen molar-refractivity contribution in [1.82, 2.24) is 0 Å². The third-order valence-corrected chi connectivity index (χ3v) is 2.37. The molecule has 2 aromatic carbocycles. The van der Waals surface area contributed by atoms with Gasteiger partial charge in [0.25, 0.3) is 0 Å². The van der Waals surface area contributed by atoms with Crippen LogP contribution in [0.4, 0.5) is 0 Å². The molecule has 0 atom stereocenters. The molecule has 2 N–H and O–H groups in total. The number of hydrogen-bond acceptors (Lipinski definition) is 2. The molecule has 0 unspecified atom stereocenters. The minimum absolute atomic E-state index is 0.863. The first kappa shape index (κ1) is 8.75. The third kappa shape index (κ3) is 1.35. The molecule has 14 heavy (non-hydrogen) atoms. The molecule has 0 aliphatic heterocycles. The molecule has 0 spiro atoms. The molecule has 70 valence electrons. The van der Waals surface area contributed by atoms with Gasteiger partial charge in [0, 0.05) is 5.56 Å². The van der Waals surface area contributed by atoms with E-state index in [2.05, 4.69) is 23.3 Å². The molecule has 0 aliphatic rings. The second kappa shape index (κ2) is 3.50. The van der Waals surface area contributed by atoms with Gasteiger partial charge in [0.05, 0.1) is 5.71 Å². The first-order valence-corrected chi connectivity index (χ1v) is 4.55. The summed E-state index contributed by atoms with van der Waals surface area (Å²) in [5, 5.41) is 6.14. The Labute approximate surface area is 83.0 Å². The fraction of sp³-hybridized carbons (Fsp3) is 0.0833. The number of hydrogen-bond donors (Lipinski definition) is 1. The Morgan fingerprint density at radius 1 is 1.07 bits per heavy atom. The molecule has 0 saturated heterocycles. The number of rotatable bonds is 1. The van der Waals surface area contributed by atoms with E-state index in [0.29, 0.717) is 0 Å². The van der Waals surface area contributed by atoms with Crippen molar-refractivity contribution in [2.24, 2.45) is 10.9 Å². The van der Waals surface area contributed by atoms with Gasteiger partial charge in [-0.2, -0.15) is 5.10 Å². The van der Waals surface area contributed by atoms with E-state index >= 15 is 0 Å². The number of benzene rings is 2. The third-order valence-electron chi connectivity index (χ3n) is 2.37. The average Bonchev–Trinajstić information content (AvgIpc) is 2.27. The van der Waals surface area contributed by atoms with E-state index in [-0.39, 0.29) is 0 Å². The number of fused-ring (bicyclic) bond motifs is 1. The van der Waals surface area contributed by atoms with Crippen LogP contribution in [-0.4, -0.2) is 5.71 Å². The smallest absolute Gasteiger partial charge is 0.0648 e. The summed E-state index contributed by atoms with van der Waals surface area (Å²) in [6, 6.07) is 14.4. The van der Waals surface area contributed by atoms with Crippen LogP contribution in [0.25, 0.3) is 10.8 Å². The summed E-state index contributed by atoms with van der Waals surface area (Å²) in [7, 11) is 0. The minimum Gasteiger partial charge on any atom is -0.323 e. The van der Waals surface area contributed by atoms with E-state index in [1.807, 2.05) is 31.2 Å². The quantitative estimate of drug-likeness (QED) is 0.413. The Morgan fingerprint density at radius 3 is 2.57 bits per heavy atom. The van der Waals surface area contributed by atoms with Crippen LogP contribution in [0, 0.1) is 0 Å². The Hall–Kier alpha value is -1.83. The van der Waals surface area contributed by atoms with E-state index in [1.165, 1.54) is 10.8 Å². The van der Waals surface area contributed by atoms with Gasteiger partial charge in [0.15, 0.2) is 0 Å². The highest BCUT2D eigenvalue weighted by Crippen LogP contribution is 2.18. The highest BCUT2D eigenvalue weighted by atomic mass is 15.1. The van der Waals surface area contributed by atoms with Gasteiger partial charge in [-0.3, -0.25) is 0 Å². The van der Waals surface area contributed by atoms with Crippen molar-refractivity contribution in [2.45, 2.75) is 6.92 Å². The molecule has 0 amide bonds.